The van der Waals surface area contributed by atoms with Crippen LogP contribution in [0, 0.1) is 11.8 Å². The lowest BCUT2D eigenvalue weighted by Gasteiger charge is -2.16. The molecule has 0 aromatic rings. The minimum Gasteiger partial charge on any atom is -0.465 e. The molecule has 2 heteroatoms. The molecule has 16 heavy (non-hydrogen) atoms. The van der Waals surface area contributed by atoms with Crippen LogP contribution >= 0.6 is 0 Å². The lowest BCUT2D eigenvalue weighted by atomic mass is 9.98. The fourth-order valence-electron chi connectivity index (χ4n) is 1.14. The quantitative estimate of drug-likeness (QED) is 0.507. The zero-order chi connectivity index (χ0) is 12.7. The van der Waals surface area contributed by atoms with Crippen LogP contribution in [-0.2, 0) is 9.53 Å². The maximum Gasteiger partial charge on any atom is 0.308 e. The smallest absolute Gasteiger partial charge is 0.308 e. The number of hydrogen-bond donors (Lipinski definition) is 0. The Morgan fingerprint density at radius 2 is 1.88 bits per heavy atom. The van der Waals surface area contributed by atoms with Crippen molar-refractivity contribution in [1.29, 1.82) is 0 Å². The zero-order valence-electron chi connectivity index (χ0n) is 11.2. The van der Waals surface area contributed by atoms with E-state index in [0.717, 1.165) is 12.0 Å². The summed E-state index contributed by atoms with van der Waals surface area (Å²) in [6.45, 7) is 14.2. The van der Waals surface area contributed by atoms with E-state index in [9.17, 15) is 4.79 Å². The molecule has 0 bridgehead atoms. The number of carbonyl (C=O) groups excluding carboxylic acids is 1. The second kappa shape index (κ2) is 7.26. The van der Waals surface area contributed by atoms with Gasteiger partial charge in [0.25, 0.3) is 0 Å². The lowest BCUT2D eigenvalue weighted by molar-refractivity contribution is -0.148. The molecule has 2 nitrogen and oxygen atoms in total. The second-order valence-corrected chi connectivity index (χ2v) is 4.85. The van der Waals surface area contributed by atoms with E-state index < -0.39 is 0 Å². The summed E-state index contributed by atoms with van der Waals surface area (Å²) in [4.78, 5) is 11.3. The predicted octanol–water partition coefficient (Wildman–Crippen LogP) is 3.73. The number of carbonyl (C=O) groups is 1. The van der Waals surface area contributed by atoms with E-state index >= 15 is 0 Å². The topological polar surface area (TPSA) is 26.3 Å². The molecule has 0 rings (SSSR count). The predicted molar refractivity (Wildman–Crippen MR) is 68.1 cm³/mol. The van der Waals surface area contributed by atoms with E-state index in [4.69, 9.17) is 4.74 Å². The van der Waals surface area contributed by atoms with Gasteiger partial charge in [-0.25, -0.2) is 0 Å². The van der Waals surface area contributed by atoms with Gasteiger partial charge in [0.15, 0.2) is 0 Å². The second-order valence-electron chi connectivity index (χ2n) is 4.85. The van der Waals surface area contributed by atoms with Crippen LogP contribution in [0.15, 0.2) is 23.8 Å². The van der Waals surface area contributed by atoms with Gasteiger partial charge in [0.05, 0.1) is 12.5 Å². The summed E-state index contributed by atoms with van der Waals surface area (Å²) in [6, 6.07) is 0. The molecule has 0 amide bonds. The third-order valence-corrected chi connectivity index (χ3v) is 2.41. The molecule has 0 heterocycles. The van der Waals surface area contributed by atoms with E-state index in [0.29, 0.717) is 6.61 Å². The van der Waals surface area contributed by atoms with Gasteiger partial charge in [0, 0.05) is 5.92 Å². The monoisotopic (exact) mass is 224 g/mol. The van der Waals surface area contributed by atoms with Crippen molar-refractivity contribution in [2.24, 2.45) is 11.8 Å². The standard InChI is InChI=1S/C14H24O2/c1-10(2)7-8-13(11(3)4)9-16-14(15)12(5)6/h7,12-13H,3,8-9H2,1-2,4-6H3. The van der Waals surface area contributed by atoms with E-state index in [1.165, 1.54) is 5.57 Å². The Morgan fingerprint density at radius 1 is 1.31 bits per heavy atom. The number of esters is 1. The van der Waals surface area contributed by atoms with Crippen LogP contribution in [0.2, 0.25) is 0 Å². The normalized spacial score (nSPS) is 12.1. The molecule has 0 aliphatic heterocycles. The van der Waals surface area contributed by atoms with Crippen LogP contribution in [0.5, 0.6) is 0 Å². The van der Waals surface area contributed by atoms with Crippen molar-refractivity contribution in [3.63, 3.8) is 0 Å². The molecular weight excluding hydrogens is 200 g/mol. The van der Waals surface area contributed by atoms with Gasteiger partial charge in [0.1, 0.15) is 0 Å². The first kappa shape index (κ1) is 14.9. The Morgan fingerprint density at radius 3 is 2.25 bits per heavy atom. The molecule has 0 fully saturated rings. The van der Waals surface area contributed by atoms with E-state index in [1.807, 2.05) is 20.8 Å². The Balaban J connectivity index is 4.20. The molecule has 0 aliphatic rings. The summed E-state index contributed by atoms with van der Waals surface area (Å²) in [5.74, 6) is 0.0373. The highest BCUT2D eigenvalue weighted by atomic mass is 16.5. The van der Waals surface area contributed by atoms with E-state index in [2.05, 4.69) is 26.5 Å². The third kappa shape index (κ3) is 6.44. The van der Waals surface area contributed by atoms with Gasteiger partial charge in [0.2, 0.25) is 0 Å². The Hall–Kier alpha value is -1.05. The van der Waals surface area contributed by atoms with Crippen molar-refractivity contribution < 1.29 is 9.53 Å². The van der Waals surface area contributed by atoms with Crippen molar-refractivity contribution in [2.45, 2.75) is 41.0 Å². The van der Waals surface area contributed by atoms with Gasteiger partial charge < -0.3 is 4.74 Å². The first-order chi connectivity index (χ1) is 7.34. The third-order valence-electron chi connectivity index (χ3n) is 2.41. The van der Waals surface area contributed by atoms with Crippen LogP contribution in [0.3, 0.4) is 0 Å². The Labute approximate surface area is 99.4 Å². The summed E-state index contributed by atoms with van der Waals surface area (Å²) in [5, 5.41) is 0. The van der Waals surface area contributed by atoms with Crippen molar-refractivity contribution in [2.75, 3.05) is 6.61 Å². The van der Waals surface area contributed by atoms with Gasteiger partial charge in [-0.3, -0.25) is 4.79 Å². The van der Waals surface area contributed by atoms with Crippen molar-refractivity contribution in [3.8, 4) is 0 Å². The van der Waals surface area contributed by atoms with Gasteiger partial charge in [-0.05, 0) is 27.2 Å². The molecule has 0 aromatic carbocycles. The van der Waals surface area contributed by atoms with Gasteiger partial charge >= 0.3 is 5.97 Å². The molecule has 1 unspecified atom stereocenters. The van der Waals surface area contributed by atoms with Crippen LogP contribution in [0.25, 0.3) is 0 Å². The van der Waals surface area contributed by atoms with Crippen molar-refractivity contribution in [3.05, 3.63) is 23.8 Å². The molecule has 1 atom stereocenters. The molecule has 0 radical (unpaired) electrons. The highest BCUT2D eigenvalue weighted by Gasteiger charge is 2.13. The molecule has 0 aliphatic carbocycles. The number of rotatable bonds is 6. The first-order valence-corrected chi connectivity index (χ1v) is 5.80. The molecule has 0 N–H and O–H groups in total. The minimum absolute atomic E-state index is 0.0609. The van der Waals surface area contributed by atoms with Crippen LogP contribution in [-0.4, -0.2) is 12.6 Å². The van der Waals surface area contributed by atoms with E-state index in [1.54, 1.807) is 0 Å². The Kier molecular flexibility index (Phi) is 6.78. The van der Waals surface area contributed by atoms with Gasteiger partial charge in [-0.2, -0.15) is 0 Å². The summed E-state index contributed by atoms with van der Waals surface area (Å²) in [6.07, 6.45) is 3.05. The molecular formula is C14H24O2. The van der Waals surface area contributed by atoms with Crippen LogP contribution in [0.4, 0.5) is 0 Å². The van der Waals surface area contributed by atoms with Crippen LogP contribution in [0.1, 0.15) is 41.0 Å². The lowest BCUT2D eigenvalue weighted by Crippen LogP contribution is -2.18. The van der Waals surface area contributed by atoms with Gasteiger partial charge in [-0.1, -0.05) is 37.6 Å². The average Bonchev–Trinajstić information content (AvgIpc) is 2.15. The van der Waals surface area contributed by atoms with Crippen LogP contribution < -0.4 is 0 Å². The highest BCUT2D eigenvalue weighted by molar-refractivity contribution is 5.71. The Bertz CT molecular complexity index is 270. The fourth-order valence-corrected chi connectivity index (χ4v) is 1.14. The fraction of sp³-hybridized carbons (Fsp3) is 0.643. The maximum atomic E-state index is 11.3. The summed E-state index contributed by atoms with van der Waals surface area (Å²) < 4.78 is 5.23. The highest BCUT2D eigenvalue weighted by Crippen LogP contribution is 2.16. The van der Waals surface area contributed by atoms with Crippen molar-refractivity contribution in [1.82, 2.24) is 0 Å². The van der Waals surface area contributed by atoms with Crippen molar-refractivity contribution >= 4 is 5.97 Å². The molecule has 0 spiro atoms. The molecule has 0 saturated heterocycles. The minimum atomic E-state index is -0.136. The molecule has 0 aromatic heterocycles. The zero-order valence-corrected chi connectivity index (χ0v) is 11.2. The van der Waals surface area contributed by atoms with E-state index in [-0.39, 0.29) is 17.8 Å². The number of ether oxygens (including phenoxy) is 1. The largest absolute Gasteiger partial charge is 0.465 e. The summed E-state index contributed by atoms with van der Waals surface area (Å²) in [7, 11) is 0. The summed E-state index contributed by atoms with van der Waals surface area (Å²) in [5.41, 5.74) is 2.34. The SMILES string of the molecule is C=C(C)C(CC=C(C)C)COC(=O)C(C)C. The molecule has 92 valence electrons. The maximum absolute atomic E-state index is 11.3. The average molecular weight is 224 g/mol. The first-order valence-electron chi connectivity index (χ1n) is 5.80. The van der Waals surface area contributed by atoms with Gasteiger partial charge in [-0.15, -0.1) is 0 Å². The summed E-state index contributed by atoms with van der Waals surface area (Å²) >= 11 is 0. The molecule has 0 saturated carbocycles. The number of allylic oxidation sites excluding steroid dienone is 2. The number of hydrogen-bond acceptors (Lipinski definition) is 2.